The fourth-order valence-electron chi connectivity index (χ4n) is 3.16. The van der Waals surface area contributed by atoms with Gasteiger partial charge in [0.2, 0.25) is 11.8 Å². The van der Waals surface area contributed by atoms with Gasteiger partial charge in [-0.25, -0.2) is 0 Å². The Bertz CT molecular complexity index is 817. The molecule has 2 aromatic rings. The van der Waals surface area contributed by atoms with Crippen molar-refractivity contribution in [2.24, 2.45) is 5.92 Å². The number of nitrogens with zero attached hydrogens (tertiary/aromatic N) is 4. The normalized spacial score (nSPS) is 20.1. The first-order valence-corrected chi connectivity index (χ1v) is 8.74. The topological polar surface area (TPSA) is 80.1 Å². The smallest absolute Gasteiger partial charge is 0.239 e. The van der Waals surface area contributed by atoms with Crippen LogP contribution < -0.4 is 10.2 Å². The fraction of sp³-hybridized carbons (Fsp3) is 0.412. The van der Waals surface area contributed by atoms with Crippen molar-refractivity contribution in [2.45, 2.75) is 31.8 Å². The Hall–Kier alpha value is -2.41. The third-order valence-electron chi connectivity index (χ3n) is 4.65. The molecule has 1 aliphatic carbocycles. The lowest BCUT2D eigenvalue weighted by Gasteiger charge is -2.17. The number of aromatic nitrogens is 3. The summed E-state index contributed by atoms with van der Waals surface area (Å²) in [6.07, 6.45) is 4.43. The lowest BCUT2D eigenvalue weighted by Crippen LogP contribution is -2.37. The van der Waals surface area contributed by atoms with E-state index in [-0.39, 0.29) is 18.4 Å². The van der Waals surface area contributed by atoms with E-state index in [0.717, 1.165) is 24.4 Å². The van der Waals surface area contributed by atoms with Gasteiger partial charge in [0.15, 0.2) is 5.82 Å². The fourth-order valence-corrected chi connectivity index (χ4v) is 3.35. The summed E-state index contributed by atoms with van der Waals surface area (Å²) in [6.45, 7) is 0.797. The van der Waals surface area contributed by atoms with Crippen molar-refractivity contribution in [3.63, 3.8) is 0 Å². The number of hydrogen-bond acceptors (Lipinski definition) is 4. The molecule has 130 valence electrons. The van der Waals surface area contributed by atoms with Crippen LogP contribution in [0, 0.1) is 5.92 Å². The maximum atomic E-state index is 12.6. The highest BCUT2D eigenvalue weighted by Gasteiger charge is 2.37. The van der Waals surface area contributed by atoms with Gasteiger partial charge in [-0.05, 0) is 37.5 Å². The molecule has 1 aromatic heterocycles. The van der Waals surface area contributed by atoms with Crippen LogP contribution in [-0.4, -0.2) is 33.1 Å². The molecule has 4 rings (SSSR count). The van der Waals surface area contributed by atoms with Crippen molar-refractivity contribution in [1.29, 1.82) is 0 Å². The molecule has 0 bridgehead atoms. The zero-order valence-corrected chi connectivity index (χ0v) is 14.3. The van der Waals surface area contributed by atoms with Crippen LogP contribution in [0.1, 0.15) is 31.1 Å². The van der Waals surface area contributed by atoms with Gasteiger partial charge in [-0.15, -0.1) is 10.2 Å². The van der Waals surface area contributed by atoms with E-state index in [9.17, 15) is 9.59 Å². The van der Waals surface area contributed by atoms with Gasteiger partial charge in [0.25, 0.3) is 0 Å². The predicted molar refractivity (Wildman–Crippen MR) is 92.1 cm³/mol. The summed E-state index contributed by atoms with van der Waals surface area (Å²) in [5.41, 5.74) is 0.723. The van der Waals surface area contributed by atoms with Crippen LogP contribution in [0.25, 0.3) is 0 Å². The third kappa shape index (κ3) is 3.24. The molecule has 7 nitrogen and oxygen atoms in total. The highest BCUT2D eigenvalue weighted by atomic mass is 35.5. The maximum absolute atomic E-state index is 12.6. The molecule has 1 unspecified atom stereocenters. The van der Waals surface area contributed by atoms with Crippen LogP contribution >= 0.6 is 11.6 Å². The molecule has 2 fully saturated rings. The van der Waals surface area contributed by atoms with Gasteiger partial charge in [0, 0.05) is 23.3 Å². The predicted octanol–water partition coefficient (Wildman–Crippen LogP) is 1.94. The summed E-state index contributed by atoms with van der Waals surface area (Å²) >= 11 is 5.99. The van der Waals surface area contributed by atoms with Crippen molar-refractivity contribution < 1.29 is 9.59 Å². The number of anilines is 1. The molecule has 0 spiro atoms. The first kappa shape index (κ1) is 16.1. The molecule has 8 heteroatoms. The molecule has 1 aromatic carbocycles. The Balaban J connectivity index is 1.39. The maximum Gasteiger partial charge on any atom is 0.239 e. The summed E-state index contributed by atoms with van der Waals surface area (Å²) in [5, 5.41) is 11.4. The summed E-state index contributed by atoms with van der Waals surface area (Å²) in [6, 6.07) is 7.56. The van der Waals surface area contributed by atoms with Crippen molar-refractivity contribution >= 4 is 29.1 Å². The van der Waals surface area contributed by atoms with Gasteiger partial charge in [-0.2, -0.15) is 0 Å². The number of halogens is 1. The summed E-state index contributed by atoms with van der Waals surface area (Å²) in [4.78, 5) is 26.7. The van der Waals surface area contributed by atoms with Gasteiger partial charge >= 0.3 is 0 Å². The number of rotatable bonds is 5. The van der Waals surface area contributed by atoms with Crippen LogP contribution in [-0.2, 0) is 16.1 Å². The molecule has 2 heterocycles. The second-order valence-corrected chi connectivity index (χ2v) is 6.85. The Morgan fingerprint density at radius 3 is 2.92 bits per heavy atom. The van der Waals surface area contributed by atoms with Crippen LogP contribution in [0.3, 0.4) is 0 Å². The quantitative estimate of drug-likeness (QED) is 0.827. The zero-order chi connectivity index (χ0) is 17.4. The number of carbonyl (C=O) groups excluding carboxylic acids is 2. The van der Waals surface area contributed by atoms with Crippen LogP contribution in [0.15, 0.2) is 30.6 Å². The average molecular weight is 360 g/mol. The molecule has 2 amide bonds. The summed E-state index contributed by atoms with van der Waals surface area (Å²) in [7, 11) is 0. The van der Waals surface area contributed by atoms with Gasteiger partial charge in [-0.1, -0.05) is 17.7 Å². The number of hydrogen-bond donors (Lipinski definition) is 1. The average Bonchev–Trinajstić information content (AvgIpc) is 3.21. The SMILES string of the molecule is O=C(NCc1nncn1C1CC1)C1CCN(c2cccc(Cl)c2)C1=O. The minimum atomic E-state index is -0.670. The minimum absolute atomic E-state index is 0.191. The molecular weight excluding hydrogens is 342 g/mol. The second-order valence-electron chi connectivity index (χ2n) is 6.41. The van der Waals surface area contributed by atoms with E-state index in [1.165, 1.54) is 0 Å². The molecule has 1 N–H and O–H groups in total. The Morgan fingerprint density at radius 2 is 2.16 bits per heavy atom. The third-order valence-corrected chi connectivity index (χ3v) is 4.89. The molecule has 1 aliphatic heterocycles. The molecule has 1 atom stereocenters. The van der Waals surface area contributed by atoms with Crippen LogP contribution in [0.5, 0.6) is 0 Å². The second kappa shape index (κ2) is 6.48. The number of carbonyl (C=O) groups is 2. The van der Waals surface area contributed by atoms with Crippen LogP contribution in [0.4, 0.5) is 5.69 Å². The monoisotopic (exact) mass is 359 g/mol. The molecule has 1 saturated carbocycles. The Kier molecular flexibility index (Phi) is 4.17. The lowest BCUT2D eigenvalue weighted by molar-refractivity contribution is -0.132. The summed E-state index contributed by atoms with van der Waals surface area (Å²) < 4.78 is 2.00. The lowest BCUT2D eigenvalue weighted by atomic mass is 10.1. The summed E-state index contributed by atoms with van der Waals surface area (Å²) in [5.74, 6) is -0.396. The molecule has 0 radical (unpaired) electrons. The van der Waals surface area contributed by atoms with E-state index in [0.29, 0.717) is 24.0 Å². The number of nitrogens with one attached hydrogen (secondary N) is 1. The largest absolute Gasteiger partial charge is 0.348 e. The van der Waals surface area contributed by atoms with E-state index in [2.05, 4.69) is 15.5 Å². The van der Waals surface area contributed by atoms with E-state index in [4.69, 9.17) is 11.6 Å². The Morgan fingerprint density at radius 1 is 1.32 bits per heavy atom. The van der Waals surface area contributed by atoms with Gasteiger partial charge in [0.1, 0.15) is 12.2 Å². The van der Waals surface area contributed by atoms with Gasteiger partial charge in [0.05, 0.1) is 6.54 Å². The van der Waals surface area contributed by atoms with Crippen molar-refractivity contribution in [2.75, 3.05) is 11.4 Å². The van der Waals surface area contributed by atoms with E-state index in [1.54, 1.807) is 29.4 Å². The minimum Gasteiger partial charge on any atom is -0.348 e. The Labute approximate surface area is 150 Å². The zero-order valence-electron chi connectivity index (χ0n) is 13.6. The first-order chi connectivity index (χ1) is 12.1. The standard InChI is InChI=1S/C17H18ClN5O2/c18-11-2-1-3-13(8-11)22-7-6-14(17(22)25)16(24)19-9-15-21-20-10-23(15)12-4-5-12/h1-3,8,10,12,14H,4-7,9H2,(H,19,24). The van der Waals surface area contributed by atoms with Crippen molar-refractivity contribution in [1.82, 2.24) is 20.1 Å². The number of benzene rings is 1. The van der Waals surface area contributed by atoms with E-state index < -0.39 is 5.92 Å². The molecule has 1 saturated heterocycles. The van der Waals surface area contributed by atoms with Crippen molar-refractivity contribution in [3.8, 4) is 0 Å². The highest BCUT2D eigenvalue weighted by Crippen LogP contribution is 2.35. The van der Waals surface area contributed by atoms with E-state index in [1.807, 2.05) is 10.6 Å². The molecular formula is C17H18ClN5O2. The van der Waals surface area contributed by atoms with Gasteiger partial charge < -0.3 is 14.8 Å². The van der Waals surface area contributed by atoms with E-state index >= 15 is 0 Å². The highest BCUT2D eigenvalue weighted by molar-refractivity contribution is 6.31. The van der Waals surface area contributed by atoms with Gasteiger partial charge in [-0.3, -0.25) is 9.59 Å². The number of amides is 2. The van der Waals surface area contributed by atoms with Crippen LogP contribution in [0.2, 0.25) is 5.02 Å². The molecule has 25 heavy (non-hydrogen) atoms. The van der Waals surface area contributed by atoms with Crippen molar-refractivity contribution in [3.05, 3.63) is 41.4 Å². The molecule has 2 aliphatic rings. The first-order valence-electron chi connectivity index (χ1n) is 8.36.